The van der Waals surface area contributed by atoms with Crippen molar-refractivity contribution in [3.8, 4) is 11.5 Å². The summed E-state index contributed by atoms with van der Waals surface area (Å²) < 4.78 is 43.1. The van der Waals surface area contributed by atoms with E-state index in [0.717, 1.165) is 24.8 Å². The second-order valence-electron chi connectivity index (χ2n) is 8.79. The zero-order valence-corrected chi connectivity index (χ0v) is 19.5. The molecular formula is C24H27NO7S. The topological polar surface area (TPSA) is 99.2 Å². The number of Topliss-reactive ketones (excluding diaryl/α,β-unsaturated/α-hetero) is 1. The molecule has 4 rings (SSSR count). The lowest BCUT2D eigenvalue weighted by molar-refractivity contribution is -0.144. The third kappa shape index (κ3) is 5.20. The molecule has 0 bridgehead atoms. The van der Waals surface area contributed by atoms with Crippen molar-refractivity contribution in [2.45, 2.75) is 43.6 Å². The fourth-order valence-electron chi connectivity index (χ4n) is 4.00. The van der Waals surface area contributed by atoms with Crippen LogP contribution in [0.2, 0.25) is 0 Å². The molecule has 2 heterocycles. The maximum absolute atomic E-state index is 12.6. The van der Waals surface area contributed by atoms with Crippen LogP contribution in [0.1, 0.15) is 42.6 Å². The van der Waals surface area contributed by atoms with Crippen LogP contribution in [0, 0.1) is 0 Å². The van der Waals surface area contributed by atoms with E-state index < -0.39 is 28.4 Å². The number of hydrogen-bond acceptors (Lipinski definition) is 7. The molecular weight excluding hydrogens is 446 g/mol. The number of hydrogen-bond donors (Lipinski definition) is 0. The van der Waals surface area contributed by atoms with Crippen molar-refractivity contribution < 1.29 is 32.2 Å². The van der Waals surface area contributed by atoms with E-state index in [-0.39, 0.29) is 22.7 Å². The lowest BCUT2D eigenvalue weighted by atomic mass is 10.0. The lowest BCUT2D eigenvalue weighted by Gasteiger charge is -2.18. The molecule has 1 fully saturated rings. The predicted molar refractivity (Wildman–Crippen MR) is 120 cm³/mol. The van der Waals surface area contributed by atoms with Crippen LogP contribution in [0.5, 0.6) is 11.5 Å². The van der Waals surface area contributed by atoms with E-state index in [1.807, 2.05) is 26.0 Å². The van der Waals surface area contributed by atoms with Crippen molar-refractivity contribution in [2.24, 2.45) is 0 Å². The maximum atomic E-state index is 12.6. The molecule has 0 saturated carbocycles. The van der Waals surface area contributed by atoms with Crippen molar-refractivity contribution >= 4 is 21.8 Å². The highest BCUT2D eigenvalue weighted by Gasteiger charge is 2.32. The highest BCUT2D eigenvalue weighted by atomic mass is 32.2. The van der Waals surface area contributed by atoms with Crippen LogP contribution >= 0.6 is 0 Å². The zero-order valence-electron chi connectivity index (χ0n) is 18.7. The molecule has 2 aromatic carbocycles. The van der Waals surface area contributed by atoms with Gasteiger partial charge in [0, 0.05) is 30.6 Å². The number of rotatable bonds is 8. The van der Waals surface area contributed by atoms with E-state index in [2.05, 4.69) is 0 Å². The summed E-state index contributed by atoms with van der Waals surface area (Å²) in [5.41, 5.74) is 0.940. The summed E-state index contributed by atoms with van der Waals surface area (Å²) in [7, 11) is -3.54. The molecule has 0 aliphatic carbocycles. The van der Waals surface area contributed by atoms with Crippen LogP contribution in [0.4, 0.5) is 0 Å². The Bertz CT molecular complexity index is 1150. The number of carbonyl (C=O) groups is 2. The van der Waals surface area contributed by atoms with Crippen LogP contribution in [0.3, 0.4) is 0 Å². The number of ether oxygens (including phenoxy) is 3. The summed E-state index contributed by atoms with van der Waals surface area (Å²) in [6, 6.07) is 11.2. The highest BCUT2D eigenvalue weighted by molar-refractivity contribution is 7.89. The van der Waals surface area contributed by atoms with Crippen molar-refractivity contribution in [3.05, 3.63) is 53.6 Å². The second kappa shape index (κ2) is 9.15. The van der Waals surface area contributed by atoms with E-state index in [1.54, 1.807) is 6.07 Å². The lowest BCUT2D eigenvalue weighted by Crippen LogP contribution is -2.27. The number of nitrogens with zero attached hydrogens (tertiary/aromatic N) is 1. The van der Waals surface area contributed by atoms with Crippen molar-refractivity contribution in [1.82, 2.24) is 4.31 Å². The first-order valence-corrected chi connectivity index (χ1v) is 12.3. The molecule has 2 aliphatic heterocycles. The van der Waals surface area contributed by atoms with Gasteiger partial charge in [-0.15, -0.1) is 0 Å². The van der Waals surface area contributed by atoms with Gasteiger partial charge in [-0.1, -0.05) is 12.1 Å². The molecule has 176 valence electrons. The third-order valence-electron chi connectivity index (χ3n) is 5.64. The quantitative estimate of drug-likeness (QED) is 0.429. The molecule has 8 nitrogen and oxygen atoms in total. The predicted octanol–water partition coefficient (Wildman–Crippen LogP) is 2.99. The Morgan fingerprint density at radius 3 is 2.42 bits per heavy atom. The van der Waals surface area contributed by atoms with E-state index in [9.17, 15) is 18.0 Å². The number of sulfonamides is 1. The molecule has 0 spiro atoms. The summed E-state index contributed by atoms with van der Waals surface area (Å²) in [4.78, 5) is 24.6. The Balaban J connectivity index is 1.29. The largest absolute Gasteiger partial charge is 0.483 e. The van der Waals surface area contributed by atoms with Gasteiger partial charge in [-0.25, -0.2) is 13.2 Å². The van der Waals surface area contributed by atoms with Crippen LogP contribution in [-0.4, -0.2) is 56.4 Å². The normalized spacial score (nSPS) is 17.3. The number of ketones is 1. The third-order valence-corrected chi connectivity index (χ3v) is 7.56. The summed E-state index contributed by atoms with van der Waals surface area (Å²) in [5, 5.41) is 0. The smallest absolute Gasteiger partial charge is 0.344 e. The molecule has 0 aromatic heterocycles. The summed E-state index contributed by atoms with van der Waals surface area (Å²) in [6.07, 6.45) is 2.45. The van der Waals surface area contributed by atoms with Crippen LogP contribution in [0.25, 0.3) is 0 Å². The van der Waals surface area contributed by atoms with Gasteiger partial charge in [0.1, 0.15) is 5.60 Å². The number of esters is 1. The second-order valence-corrected chi connectivity index (χ2v) is 10.7. The standard InChI is InChI=1S/C24H27NO7S/c1-24(2)14-18-6-5-7-21(23(18)32-24)30-16-22(27)31-15-20(26)17-8-10-19(11-9-17)33(28,29)25-12-3-4-13-25/h5-11H,3-4,12-16H2,1-2H3. The van der Waals surface area contributed by atoms with E-state index in [0.29, 0.717) is 24.6 Å². The summed E-state index contributed by atoms with van der Waals surface area (Å²) >= 11 is 0. The van der Waals surface area contributed by atoms with Gasteiger partial charge in [0.15, 0.2) is 30.5 Å². The maximum Gasteiger partial charge on any atom is 0.344 e. The molecule has 2 aliphatic rings. The van der Waals surface area contributed by atoms with Crippen molar-refractivity contribution in [1.29, 1.82) is 0 Å². The number of fused-ring (bicyclic) bond motifs is 1. The zero-order chi connectivity index (χ0) is 23.6. The van der Waals surface area contributed by atoms with Crippen molar-refractivity contribution in [3.63, 3.8) is 0 Å². The average molecular weight is 474 g/mol. The number of carbonyl (C=O) groups excluding carboxylic acids is 2. The van der Waals surface area contributed by atoms with E-state index in [1.165, 1.54) is 28.6 Å². The first-order valence-electron chi connectivity index (χ1n) is 10.9. The van der Waals surface area contributed by atoms with Gasteiger partial charge in [-0.3, -0.25) is 4.79 Å². The first kappa shape index (κ1) is 23.3. The van der Waals surface area contributed by atoms with Crippen LogP contribution in [0.15, 0.2) is 47.4 Å². The Hall–Kier alpha value is -2.91. The van der Waals surface area contributed by atoms with Crippen molar-refractivity contribution in [2.75, 3.05) is 26.3 Å². The first-order chi connectivity index (χ1) is 15.7. The molecule has 0 radical (unpaired) electrons. The van der Waals surface area contributed by atoms with Crippen LogP contribution < -0.4 is 9.47 Å². The Morgan fingerprint density at radius 2 is 1.73 bits per heavy atom. The molecule has 9 heteroatoms. The van der Waals surface area contributed by atoms with Gasteiger partial charge in [-0.05, 0) is 57.0 Å². The van der Waals surface area contributed by atoms with Gasteiger partial charge >= 0.3 is 5.97 Å². The SMILES string of the molecule is CC1(C)Cc2cccc(OCC(=O)OCC(=O)c3ccc(S(=O)(=O)N4CCCC4)cc3)c2O1. The molecule has 0 atom stereocenters. The van der Waals surface area contributed by atoms with E-state index >= 15 is 0 Å². The fraction of sp³-hybridized carbons (Fsp3) is 0.417. The number of benzene rings is 2. The molecule has 0 unspecified atom stereocenters. The monoisotopic (exact) mass is 473 g/mol. The Morgan fingerprint density at radius 1 is 1.03 bits per heavy atom. The van der Waals surface area contributed by atoms with Gasteiger partial charge in [0.05, 0.1) is 4.90 Å². The molecule has 1 saturated heterocycles. The number of para-hydroxylation sites is 1. The molecule has 2 aromatic rings. The van der Waals surface area contributed by atoms with Gasteiger partial charge in [0.2, 0.25) is 10.0 Å². The highest BCUT2D eigenvalue weighted by Crippen LogP contribution is 2.41. The summed E-state index contributed by atoms with van der Waals surface area (Å²) in [6.45, 7) is 4.15. The molecule has 33 heavy (non-hydrogen) atoms. The fourth-order valence-corrected chi connectivity index (χ4v) is 5.52. The van der Waals surface area contributed by atoms with Gasteiger partial charge in [0.25, 0.3) is 0 Å². The van der Waals surface area contributed by atoms with Gasteiger partial charge in [-0.2, -0.15) is 4.31 Å². The van der Waals surface area contributed by atoms with Crippen LogP contribution in [-0.2, 0) is 26.0 Å². The molecule has 0 N–H and O–H groups in total. The average Bonchev–Trinajstić information content (AvgIpc) is 3.43. The minimum Gasteiger partial charge on any atom is -0.483 e. The van der Waals surface area contributed by atoms with E-state index in [4.69, 9.17) is 14.2 Å². The Labute approximate surface area is 193 Å². The minimum atomic E-state index is -3.54. The molecule has 0 amide bonds. The summed E-state index contributed by atoms with van der Waals surface area (Å²) in [5.74, 6) is -0.0444. The van der Waals surface area contributed by atoms with Gasteiger partial charge < -0.3 is 14.2 Å². The Kier molecular flexibility index (Phi) is 6.45. The minimum absolute atomic E-state index is 0.145.